The van der Waals surface area contributed by atoms with E-state index in [4.69, 9.17) is 23.7 Å². The number of fused-ring (bicyclic) bond motifs is 2. The zero-order valence-electron chi connectivity index (χ0n) is 16.4. The second-order valence-electron chi connectivity index (χ2n) is 6.80. The molecule has 7 heteroatoms. The van der Waals surface area contributed by atoms with Crippen LogP contribution in [0.1, 0.15) is 26.3 Å². The molecule has 0 aromatic heterocycles. The summed E-state index contributed by atoms with van der Waals surface area (Å²) in [5.74, 6) is 1.60. The Balaban J connectivity index is 1.37. The minimum absolute atomic E-state index is 0.169. The molecule has 2 aliphatic rings. The van der Waals surface area contributed by atoms with Gasteiger partial charge < -0.3 is 23.7 Å². The molecule has 5 rings (SSSR count). The lowest BCUT2D eigenvalue weighted by Gasteiger charge is -2.08. The molecule has 3 aromatic rings. The average Bonchev–Trinajstić information content (AvgIpc) is 3.37. The highest BCUT2D eigenvalue weighted by Crippen LogP contribution is 2.37. The monoisotopic (exact) mass is 416 g/mol. The summed E-state index contributed by atoms with van der Waals surface area (Å²) < 4.78 is 27.0. The lowest BCUT2D eigenvalue weighted by atomic mass is 10.1. The van der Waals surface area contributed by atoms with Crippen molar-refractivity contribution in [1.29, 1.82) is 0 Å². The van der Waals surface area contributed by atoms with Gasteiger partial charge in [0.05, 0.1) is 12.7 Å². The average molecular weight is 416 g/mol. The maximum Gasteiger partial charge on any atom is 0.347 e. The number of carbonyl (C=O) groups is 2. The first kappa shape index (κ1) is 18.7. The van der Waals surface area contributed by atoms with Crippen LogP contribution in [0.25, 0.3) is 6.08 Å². The fourth-order valence-corrected chi connectivity index (χ4v) is 3.36. The number of ketones is 1. The Morgan fingerprint density at radius 2 is 1.81 bits per heavy atom. The van der Waals surface area contributed by atoms with E-state index in [1.165, 1.54) is 13.2 Å². The Morgan fingerprint density at radius 3 is 2.68 bits per heavy atom. The number of Topliss-reactive ketones (excluding diaryl/α,β-unsaturated/α-hetero) is 1. The van der Waals surface area contributed by atoms with Gasteiger partial charge in [0.2, 0.25) is 12.6 Å². The highest BCUT2D eigenvalue weighted by atomic mass is 16.7. The van der Waals surface area contributed by atoms with Crippen molar-refractivity contribution in [2.45, 2.75) is 0 Å². The highest BCUT2D eigenvalue weighted by molar-refractivity contribution is 6.14. The molecule has 154 valence electrons. The van der Waals surface area contributed by atoms with Crippen LogP contribution < -0.4 is 23.7 Å². The second kappa shape index (κ2) is 7.53. The normalized spacial score (nSPS) is 14.9. The lowest BCUT2D eigenvalue weighted by Crippen LogP contribution is -2.10. The van der Waals surface area contributed by atoms with Crippen molar-refractivity contribution >= 4 is 17.8 Å². The third-order valence-corrected chi connectivity index (χ3v) is 4.87. The van der Waals surface area contributed by atoms with Crippen molar-refractivity contribution in [3.8, 4) is 28.7 Å². The van der Waals surface area contributed by atoms with Crippen LogP contribution in [0, 0.1) is 0 Å². The van der Waals surface area contributed by atoms with E-state index in [0.29, 0.717) is 34.1 Å². The number of esters is 1. The molecule has 0 atom stereocenters. The number of hydrogen-bond acceptors (Lipinski definition) is 7. The lowest BCUT2D eigenvalue weighted by molar-refractivity contribution is 0.0731. The first-order chi connectivity index (χ1) is 15.1. The third-order valence-electron chi connectivity index (χ3n) is 4.87. The Morgan fingerprint density at radius 1 is 0.968 bits per heavy atom. The molecule has 0 unspecified atom stereocenters. The predicted octanol–water partition coefficient (Wildman–Crippen LogP) is 4.26. The van der Waals surface area contributed by atoms with Gasteiger partial charge in [0.25, 0.3) is 0 Å². The van der Waals surface area contributed by atoms with E-state index >= 15 is 0 Å². The molecule has 0 bridgehead atoms. The summed E-state index contributed by atoms with van der Waals surface area (Å²) in [4.78, 5) is 25.2. The van der Waals surface area contributed by atoms with E-state index in [-0.39, 0.29) is 24.1 Å². The largest absolute Gasteiger partial charge is 0.496 e. The number of hydrogen-bond donors (Lipinski definition) is 0. The standard InChI is InChI=1S/C24H16O7/c1-27-18-5-3-2-4-17(18)24(26)30-15-7-8-16-20(12-15)31-22(23(16)25)11-14-6-9-19-21(10-14)29-13-28-19/h2-12H,13H2,1H3. The Bertz CT molecular complexity index is 1240. The van der Waals surface area contributed by atoms with Crippen molar-refractivity contribution < 1.29 is 33.3 Å². The van der Waals surface area contributed by atoms with Gasteiger partial charge in [-0.25, -0.2) is 4.79 Å². The third kappa shape index (κ3) is 3.46. The molecule has 0 aliphatic carbocycles. The molecule has 7 nitrogen and oxygen atoms in total. The van der Waals surface area contributed by atoms with Crippen LogP contribution in [0.2, 0.25) is 0 Å². The number of methoxy groups -OCH3 is 1. The van der Waals surface area contributed by atoms with Gasteiger partial charge in [-0.15, -0.1) is 0 Å². The topological polar surface area (TPSA) is 80.3 Å². The minimum Gasteiger partial charge on any atom is -0.496 e. The molecule has 0 amide bonds. The van der Waals surface area contributed by atoms with E-state index in [1.54, 1.807) is 60.7 Å². The van der Waals surface area contributed by atoms with Crippen LogP contribution >= 0.6 is 0 Å². The molecule has 0 fully saturated rings. The quantitative estimate of drug-likeness (QED) is 0.357. The maximum absolute atomic E-state index is 12.7. The van der Waals surface area contributed by atoms with Gasteiger partial charge >= 0.3 is 5.97 Å². The van der Waals surface area contributed by atoms with Gasteiger partial charge in [-0.05, 0) is 48.0 Å². The molecule has 2 aliphatic heterocycles. The number of ether oxygens (including phenoxy) is 5. The summed E-state index contributed by atoms with van der Waals surface area (Å²) in [6, 6.07) is 16.8. The van der Waals surface area contributed by atoms with Crippen LogP contribution in [-0.2, 0) is 0 Å². The van der Waals surface area contributed by atoms with Crippen molar-refractivity contribution in [2.24, 2.45) is 0 Å². The van der Waals surface area contributed by atoms with E-state index in [2.05, 4.69) is 0 Å². The summed E-state index contributed by atoms with van der Waals surface area (Å²) in [6.45, 7) is 0.173. The van der Waals surface area contributed by atoms with Gasteiger partial charge in [-0.2, -0.15) is 0 Å². The van der Waals surface area contributed by atoms with Crippen molar-refractivity contribution in [1.82, 2.24) is 0 Å². The predicted molar refractivity (Wildman–Crippen MR) is 110 cm³/mol. The number of para-hydroxylation sites is 1. The Hall–Kier alpha value is -4.26. The van der Waals surface area contributed by atoms with Crippen molar-refractivity contribution in [3.05, 3.63) is 83.1 Å². The van der Waals surface area contributed by atoms with E-state index < -0.39 is 5.97 Å². The van der Waals surface area contributed by atoms with Gasteiger partial charge in [0.15, 0.2) is 17.3 Å². The van der Waals surface area contributed by atoms with Crippen LogP contribution in [0.15, 0.2) is 66.4 Å². The molecule has 2 heterocycles. The molecular formula is C24H16O7. The van der Waals surface area contributed by atoms with Gasteiger partial charge in [-0.1, -0.05) is 18.2 Å². The summed E-state index contributed by atoms with van der Waals surface area (Å²) >= 11 is 0. The first-order valence-electron chi connectivity index (χ1n) is 9.45. The van der Waals surface area contributed by atoms with E-state index in [0.717, 1.165) is 5.56 Å². The number of allylic oxidation sites excluding steroid dienone is 1. The van der Waals surface area contributed by atoms with Gasteiger partial charge in [0, 0.05) is 6.07 Å². The van der Waals surface area contributed by atoms with Crippen molar-refractivity contribution in [2.75, 3.05) is 13.9 Å². The fraction of sp³-hybridized carbons (Fsp3) is 0.0833. The van der Waals surface area contributed by atoms with Gasteiger partial charge in [-0.3, -0.25) is 4.79 Å². The van der Waals surface area contributed by atoms with Gasteiger partial charge in [0.1, 0.15) is 22.8 Å². The summed E-state index contributed by atoms with van der Waals surface area (Å²) in [7, 11) is 1.48. The van der Waals surface area contributed by atoms with Crippen LogP contribution in [-0.4, -0.2) is 25.7 Å². The number of carbonyl (C=O) groups excluding carboxylic acids is 2. The molecule has 0 N–H and O–H groups in total. The van der Waals surface area contributed by atoms with E-state index in [9.17, 15) is 9.59 Å². The summed E-state index contributed by atoms with van der Waals surface area (Å²) in [6.07, 6.45) is 1.63. The van der Waals surface area contributed by atoms with Crippen LogP contribution in [0.5, 0.6) is 28.7 Å². The van der Waals surface area contributed by atoms with Crippen molar-refractivity contribution in [3.63, 3.8) is 0 Å². The molecule has 0 spiro atoms. The summed E-state index contributed by atoms with van der Waals surface area (Å²) in [5, 5.41) is 0. The number of benzene rings is 3. The SMILES string of the molecule is COc1ccccc1C(=O)Oc1ccc2c(c1)OC(=Cc1ccc3c(c1)OCO3)C2=O. The fourth-order valence-electron chi connectivity index (χ4n) is 3.36. The molecule has 0 saturated heterocycles. The summed E-state index contributed by atoms with van der Waals surface area (Å²) in [5.41, 5.74) is 1.43. The molecular weight excluding hydrogens is 400 g/mol. The second-order valence-corrected chi connectivity index (χ2v) is 6.80. The molecule has 3 aromatic carbocycles. The first-order valence-corrected chi connectivity index (χ1v) is 9.45. The molecule has 0 radical (unpaired) electrons. The van der Waals surface area contributed by atoms with Crippen LogP contribution in [0.4, 0.5) is 0 Å². The molecule has 31 heavy (non-hydrogen) atoms. The Labute approximate surface area is 177 Å². The zero-order chi connectivity index (χ0) is 21.4. The molecule has 0 saturated carbocycles. The zero-order valence-corrected chi connectivity index (χ0v) is 16.4. The minimum atomic E-state index is -0.571. The van der Waals surface area contributed by atoms with E-state index in [1.807, 2.05) is 0 Å². The van der Waals surface area contributed by atoms with Crippen LogP contribution in [0.3, 0.4) is 0 Å². The smallest absolute Gasteiger partial charge is 0.347 e. The highest BCUT2D eigenvalue weighted by Gasteiger charge is 2.28. The Kier molecular flexibility index (Phi) is 4.55. The number of rotatable bonds is 4. The maximum atomic E-state index is 12.7.